The lowest BCUT2D eigenvalue weighted by Gasteiger charge is -2.10. The predicted octanol–water partition coefficient (Wildman–Crippen LogP) is 2.14. The molecule has 0 saturated heterocycles. The van der Waals surface area contributed by atoms with E-state index in [0.717, 1.165) is 16.9 Å². The molecule has 1 aliphatic heterocycles. The Hall–Kier alpha value is -3.22. The standard InChI is InChI=1S/C20H22N2O5/c1-13(2)27-16-6-3-14(4-7-16)10-21-19(23)20(24)22-11-15-5-8-17-18(9-15)26-12-25-17/h3-9,13H,10-12H2,1-2H3,(H,21,23)(H,22,24). The quantitative estimate of drug-likeness (QED) is 0.761. The minimum absolute atomic E-state index is 0.101. The van der Waals surface area contributed by atoms with Gasteiger partial charge in [0, 0.05) is 13.1 Å². The Morgan fingerprint density at radius 1 is 0.926 bits per heavy atom. The Morgan fingerprint density at radius 3 is 2.19 bits per heavy atom. The van der Waals surface area contributed by atoms with Crippen LogP contribution in [0.5, 0.6) is 17.2 Å². The number of amides is 2. The average molecular weight is 370 g/mol. The lowest BCUT2D eigenvalue weighted by Crippen LogP contribution is -2.39. The van der Waals surface area contributed by atoms with Crippen molar-refractivity contribution in [3.8, 4) is 17.2 Å². The van der Waals surface area contributed by atoms with Gasteiger partial charge in [0.15, 0.2) is 11.5 Å². The molecule has 142 valence electrons. The molecule has 7 heteroatoms. The van der Waals surface area contributed by atoms with Gasteiger partial charge in [-0.05, 0) is 49.2 Å². The fourth-order valence-electron chi connectivity index (χ4n) is 2.53. The summed E-state index contributed by atoms with van der Waals surface area (Å²) in [6.07, 6.45) is 0.101. The molecule has 0 radical (unpaired) electrons. The number of carbonyl (C=O) groups is 2. The van der Waals surface area contributed by atoms with Crippen LogP contribution in [0.3, 0.4) is 0 Å². The summed E-state index contributed by atoms with van der Waals surface area (Å²) in [6, 6.07) is 12.7. The molecule has 2 amide bonds. The highest BCUT2D eigenvalue weighted by Crippen LogP contribution is 2.32. The Bertz CT molecular complexity index is 818. The summed E-state index contributed by atoms with van der Waals surface area (Å²) in [5, 5.41) is 5.19. The number of ether oxygens (including phenoxy) is 3. The monoisotopic (exact) mass is 370 g/mol. The molecule has 1 aliphatic rings. The van der Waals surface area contributed by atoms with Gasteiger partial charge in [0.1, 0.15) is 5.75 Å². The van der Waals surface area contributed by atoms with E-state index in [-0.39, 0.29) is 26.0 Å². The zero-order valence-corrected chi connectivity index (χ0v) is 15.3. The van der Waals surface area contributed by atoms with Crippen molar-refractivity contribution in [3.63, 3.8) is 0 Å². The molecular formula is C20H22N2O5. The average Bonchev–Trinajstić information content (AvgIpc) is 3.12. The summed E-state index contributed by atoms with van der Waals surface area (Å²) < 4.78 is 16.1. The fraction of sp³-hybridized carbons (Fsp3) is 0.300. The van der Waals surface area contributed by atoms with Gasteiger partial charge in [0.2, 0.25) is 6.79 Å². The van der Waals surface area contributed by atoms with Crippen LogP contribution in [0.1, 0.15) is 25.0 Å². The van der Waals surface area contributed by atoms with Crippen LogP contribution in [0.4, 0.5) is 0 Å². The lowest BCUT2D eigenvalue weighted by atomic mass is 10.2. The Balaban J connectivity index is 1.44. The first kappa shape index (κ1) is 18.6. The summed E-state index contributed by atoms with van der Waals surface area (Å²) >= 11 is 0. The van der Waals surface area contributed by atoms with Crippen LogP contribution in [0.25, 0.3) is 0 Å². The summed E-state index contributed by atoms with van der Waals surface area (Å²) in [6.45, 7) is 4.59. The third-order valence-electron chi connectivity index (χ3n) is 3.84. The van der Waals surface area contributed by atoms with Gasteiger partial charge in [-0.1, -0.05) is 18.2 Å². The van der Waals surface area contributed by atoms with Crippen LogP contribution in [0.15, 0.2) is 42.5 Å². The molecule has 2 N–H and O–H groups in total. The van der Waals surface area contributed by atoms with Crippen molar-refractivity contribution in [1.82, 2.24) is 10.6 Å². The molecule has 0 bridgehead atoms. The van der Waals surface area contributed by atoms with Crippen molar-refractivity contribution in [3.05, 3.63) is 53.6 Å². The van der Waals surface area contributed by atoms with Gasteiger partial charge in [0.25, 0.3) is 0 Å². The van der Waals surface area contributed by atoms with E-state index >= 15 is 0 Å². The highest BCUT2D eigenvalue weighted by Gasteiger charge is 2.15. The van der Waals surface area contributed by atoms with Crippen LogP contribution in [-0.2, 0) is 22.7 Å². The van der Waals surface area contributed by atoms with Gasteiger partial charge < -0.3 is 24.8 Å². The van der Waals surface area contributed by atoms with Gasteiger partial charge in [-0.2, -0.15) is 0 Å². The normalized spacial score (nSPS) is 12.0. The first-order valence-corrected chi connectivity index (χ1v) is 8.71. The predicted molar refractivity (Wildman–Crippen MR) is 98.5 cm³/mol. The molecule has 3 rings (SSSR count). The Kier molecular flexibility index (Phi) is 5.80. The van der Waals surface area contributed by atoms with Crippen LogP contribution in [-0.4, -0.2) is 24.7 Å². The molecule has 0 atom stereocenters. The van der Waals surface area contributed by atoms with Crippen LogP contribution in [0, 0.1) is 0 Å². The van der Waals surface area contributed by atoms with E-state index in [1.165, 1.54) is 0 Å². The number of hydrogen-bond donors (Lipinski definition) is 2. The minimum atomic E-state index is -0.688. The van der Waals surface area contributed by atoms with E-state index in [0.29, 0.717) is 11.5 Å². The number of rotatable bonds is 6. The molecule has 0 aliphatic carbocycles. The first-order valence-electron chi connectivity index (χ1n) is 8.71. The second-order valence-corrected chi connectivity index (χ2v) is 6.36. The van der Waals surface area contributed by atoms with E-state index in [4.69, 9.17) is 14.2 Å². The number of nitrogens with one attached hydrogen (secondary N) is 2. The van der Waals surface area contributed by atoms with Crippen molar-refractivity contribution >= 4 is 11.8 Å². The van der Waals surface area contributed by atoms with Gasteiger partial charge in [-0.25, -0.2) is 0 Å². The molecule has 2 aromatic carbocycles. The number of benzene rings is 2. The van der Waals surface area contributed by atoms with Crippen molar-refractivity contribution in [2.45, 2.75) is 33.0 Å². The summed E-state index contributed by atoms with van der Waals surface area (Å²) in [5.74, 6) is 0.705. The zero-order valence-electron chi connectivity index (χ0n) is 15.3. The van der Waals surface area contributed by atoms with Crippen molar-refractivity contribution in [1.29, 1.82) is 0 Å². The zero-order chi connectivity index (χ0) is 19.2. The lowest BCUT2D eigenvalue weighted by molar-refractivity contribution is -0.139. The molecule has 0 saturated carbocycles. The smallest absolute Gasteiger partial charge is 0.309 e. The van der Waals surface area contributed by atoms with Crippen LogP contribution >= 0.6 is 0 Å². The minimum Gasteiger partial charge on any atom is -0.491 e. The largest absolute Gasteiger partial charge is 0.491 e. The molecule has 1 heterocycles. The molecular weight excluding hydrogens is 348 g/mol. The molecule has 7 nitrogen and oxygen atoms in total. The van der Waals surface area contributed by atoms with Crippen LogP contribution in [0.2, 0.25) is 0 Å². The highest BCUT2D eigenvalue weighted by atomic mass is 16.7. The van der Waals surface area contributed by atoms with Crippen molar-refractivity contribution in [2.75, 3.05) is 6.79 Å². The SMILES string of the molecule is CC(C)Oc1ccc(CNC(=O)C(=O)NCc2ccc3c(c2)OCO3)cc1. The summed E-state index contributed by atoms with van der Waals surface area (Å²) in [7, 11) is 0. The van der Waals surface area contributed by atoms with Gasteiger partial charge in [-0.3, -0.25) is 9.59 Å². The maximum absolute atomic E-state index is 11.9. The number of hydrogen-bond acceptors (Lipinski definition) is 5. The number of carbonyl (C=O) groups excluding carboxylic acids is 2. The first-order chi connectivity index (χ1) is 13.0. The van der Waals surface area contributed by atoms with Crippen LogP contribution < -0.4 is 24.8 Å². The third-order valence-corrected chi connectivity index (χ3v) is 3.84. The summed E-state index contributed by atoms with van der Waals surface area (Å²) in [4.78, 5) is 23.9. The van der Waals surface area contributed by atoms with E-state index in [1.54, 1.807) is 12.1 Å². The van der Waals surface area contributed by atoms with E-state index < -0.39 is 11.8 Å². The molecule has 27 heavy (non-hydrogen) atoms. The maximum Gasteiger partial charge on any atom is 0.309 e. The topological polar surface area (TPSA) is 85.9 Å². The third kappa shape index (κ3) is 5.13. The molecule has 0 aromatic heterocycles. The van der Waals surface area contributed by atoms with Gasteiger partial charge in [-0.15, -0.1) is 0 Å². The van der Waals surface area contributed by atoms with E-state index in [1.807, 2.05) is 44.2 Å². The molecule has 2 aromatic rings. The highest BCUT2D eigenvalue weighted by molar-refractivity contribution is 6.35. The van der Waals surface area contributed by atoms with Crippen molar-refractivity contribution < 1.29 is 23.8 Å². The van der Waals surface area contributed by atoms with E-state index in [9.17, 15) is 9.59 Å². The number of fused-ring (bicyclic) bond motifs is 1. The maximum atomic E-state index is 11.9. The summed E-state index contributed by atoms with van der Waals surface area (Å²) in [5.41, 5.74) is 1.70. The molecule has 0 unspecified atom stereocenters. The molecule has 0 fully saturated rings. The Labute approximate surface area is 157 Å². The second-order valence-electron chi connectivity index (χ2n) is 6.36. The Morgan fingerprint density at radius 2 is 1.52 bits per heavy atom. The fourth-order valence-corrected chi connectivity index (χ4v) is 2.53. The molecule has 0 spiro atoms. The van der Waals surface area contributed by atoms with E-state index in [2.05, 4.69) is 10.6 Å². The van der Waals surface area contributed by atoms with Crippen molar-refractivity contribution in [2.24, 2.45) is 0 Å². The van der Waals surface area contributed by atoms with Gasteiger partial charge >= 0.3 is 11.8 Å². The van der Waals surface area contributed by atoms with Gasteiger partial charge in [0.05, 0.1) is 6.10 Å². The second kappa shape index (κ2) is 8.44.